The normalized spacial score (nSPS) is 25.4. The van der Waals surface area contributed by atoms with Crippen LogP contribution in [0.4, 0.5) is 0 Å². The third kappa shape index (κ3) is 0.926. The fourth-order valence-corrected chi connectivity index (χ4v) is 1.39. The van der Waals surface area contributed by atoms with Crippen molar-refractivity contribution in [3.8, 4) is 0 Å². The van der Waals surface area contributed by atoms with E-state index < -0.39 is 0 Å². The van der Waals surface area contributed by atoms with Gasteiger partial charge in [0.15, 0.2) is 0 Å². The molecule has 1 aromatic rings. The van der Waals surface area contributed by atoms with Crippen LogP contribution in [0.1, 0.15) is 18.2 Å². The summed E-state index contributed by atoms with van der Waals surface area (Å²) in [5.74, 6) is 1.75. The molecule has 0 amide bonds. The van der Waals surface area contributed by atoms with Gasteiger partial charge in [0.05, 0.1) is 0 Å². The standard InChI is InChI=1S/C7H11N3/c1-2-8-5-6(1)7-9-3-4-10-7/h3-4,6,8H,1-2,5H2,(H,9,10)/t6-/m1/s1. The summed E-state index contributed by atoms with van der Waals surface area (Å²) in [5, 5.41) is 3.30. The van der Waals surface area contributed by atoms with E-state index in [4.69, 9.17) is 0 Å². The summed E-state index contributed by atoms with van der Waals surface area (Å²) in [5.41, 5.74) is 0. The summed E-state index contributed by atoms with van der Waals surface area (Å²) in [4.78, 5) is 7.33. The number of nitrogens with one attached hydrogen (secondary N) is 2. The minimum Gasteiger partial charge on any atom is -0.348 e. The second-order valence-corrected chi connectivity index (χ2v) is 2.66. The number of hydrogen-bond acceptors (Lipinski definition) is 2. The molecule has 0 bridgehead atoms. The number of imidazole rings is 1. The first kappa shape index (κ1) is 5.92. The van der Waals surface area contributed by atoms with Crippen LogP contribution in [-0.2, 0) is 0 Å². The van der Waals surface area contributed by atoms with Crippen molar-refractivity contribution >= 4 is 0 Å². The third-order valence-corrected chi connectivity index (χ3v) is 1.97. The Morgan fingerprint density at radius 2 is 2.60 bits per heavy atom. The highest BCUT2D eigenvalue weighted by molar-refractivity contribution is 5.00. The molecule has 0 radical (unpaired) electrons. The van der Waals surface area contributed by atoms with Crippen LogP contribution in [0.25, 0.3) is 0 Å². The molecule has 1 aliphatic heterocycles. The molecule has 10 heavy (non-hydrogen) atoms. The van der Waals surface area contributed by atoms with Gasteiger partial charge in [-0.3, -0.25) is 0 Å². The van der Waals surface area contributed by atoms with Gasteiger partial charge in [0.1, 0.15) is 5.82 Å². The lowest BCUT2D eigenvalue weighted by Gasteiger charge is -2.01. The molecule has 0 spiro atoms. The van der Waals surface area contributed by atoms with E-state index in [0.717, 1.165) is 18.9 Å². The molecule has 2 rings (SSSR count). The summed E-state index contributed by atoms with van der Waals surface area (Å²) in [6.45, 7) is 2.21. The van der Waals surface area contributed by atoms with Gasteiger partial charge >= 0.3 is 0 Å². The molecule has 0 aliphatic carbocycles. The molecular weight excluding hydrogens is 126 g/mol. The zero-order valence-corrected chi connectivity index (χ0v) is 5.80. The molecule has 1 saturated heterocycles. The van der Waals surface area contributed by atoms with E-state index in [2.05, 4.69) is 15.3 Å². The van der Waals surface area contributed by atoms with E-state index in [-0.39, 0.29) is 0 Å². The van der Waals surface area contributed by atoms with E-state index in [0.29, 0.717) is 5.92 Å². The molecule has 54 valence electrons. The van der Waals surface area contributed by atoms with Crippen molar-refractivity contribution < 1.29 is 0 Å². The van der Waals surface area contributed by atoms with Gasteiger partial charge < -0.3 is 10.3 Å². The Morgan fingerprint density at radius 3 is 3.20 bits per heavy atom. The maximum atomic E-state index is 4.20. The van der Waals surface area contributed by atoms with Crippen molar-refractivity contribution in [1.29, 1.82) is 0 Å². The molecule has 1 atom stereocenters. The van der Waals surface area contributed by atoms with E-state index in [1.165, 1.54) is 6.42 Å². The van der Waals surface area contributed by atoms with Gasteiger partial charge in [0.25, 0.3) is 0 Å². The van der Waals surface area contributed by atoms with E-state index >= 15 is 0 Å². The predicted molar refractivity (Wildman–Crippen MR) is 38.8 cm³/mol. The van der Waals surface area contributed by atoms with Crippen LogP contribution in [0.5, 0.6) is 0 Å². The zero-order chi connectivity index (χ0) is 6.81. The van der Waals surface area contributed by atoms with Crippen LogP contribution in [0.3, 0.4) is 0 Å². The number of aromatic amines is 1. The van der Waals surface area contributed by atoms with Crippen molar-refractivity contribution in [2.24, 2.45) is 0 Å². The molecule has 0 saturated carbocycles. The lowest BCUT2D eigenvalue weighted by molar-refractivity contribution is 0.714. The largest absolute Gasteiger partial charge is 0.348 e. The van der Waals surface area contributed by atoms with Crippen LogP contribution < -0.4 is 5.32 Å². The molecule has 0 aromatic carbocycles. The first-order chi connectivity index (χ1) is 4.97. The molecule has 3 nitrogen and oxygen atoms in total. The number of aromatic nitrogens is 2. The quantitative estimate of drug-likeness (QED) is 0.591. The van der Waals surface area contributed by atoms with Gasteiger partial charge in [-0.05, 0) is 13.0 Å². The first-order valence-electron chi connectivity index (χ1n) is 3.67. The van der Waals surface area contributed by atoms with Crippen molar-refractivity contribution in [2.75, 3.05) is 13.1 Å². The summed E-state index contributed by atoms with van der Waals surface area (Å²) in [7, 11) is 0. The van der Waals surface area contributed by atoms with E-state index in [1.807, 2.05) is 12.4 Å². The van der Waals surface area contributed by atoms with Gasteiger partial charge in [0, 0.05) is 24.9 Å². The van der Waals surface area contributed by atoms with Crippen molar-refractivity contribution in [3.63, 3.8) is 0 Å². The maximum Gasteiger partial charge on any atom is 0.110 e. The Bertz CT molecular complexity index is 187. The predicted octanol–water partition coefficient (Wildman–Crippen LogP) is 0.487. The van der Waals surface area contributed by atoms with Crippen LogP contribution in [0.15, 0.2) is 12.4 Å². The minimum absolute atomic E-state index is 0.620. The van der Waals surface area contributed by atoms with Crippen LogP contribution in [0.2, 0.25) is 0 Å². The molecule has 2 heterocycles. The molecule has 0 unspecified atom stereocenters. The monoisotopic (exact) mass is 137 g/mol. The summed E-state index contributed by atoms with van der Waals surface area (Å²) in [6.07, 6.45) is 4.91. The number of hydrogen-bond donors (Lipinski definition) is 2. The van der Waals surface area contributed by atoms with Gasteiger partial charge in [-0.2, -0.15) is 0 Å². The zero-order valence-electron chi connectivity index (χ0n) is 5.80. The third-order valence-electron chi connectivity index (χ3n) is 1.97. The minimum atomic E-state index is 0.620. The Hall–Kier alpha value is -0.830. The molecule has 1 aliphatic rings. The van der Waals surface area contributed by atoms with Crippen molar-refractivity contribution in [3.05, 3.63) is 18.2 Å². The topological polar surface area (TPSA) is 40.7 Å². The Kier molecular flexibility index (Phi) is 1.43. The van der Waals surface area contributed by atoms with Crippen LogP contribution in [-0.4, -0.2) is 23.1 Å². The highest BCUT2D eigenvalue weighted by Crippen LogP contribution is 2.17. The average molecular weight is 137 g/mol. The molecule has 1 aromatic heterocycles. The fraction of sp³-hybridized carbons (Fsp3) is 0.571. The lowest BCUT2D eigenvalue weighted by atomic mass is 10.1. The highest BCUT2D eigenvalue weighted by Gasteiger charge is 2.17. The van der Waals surface area contributed by atoms with Crippen molar-refractivity contribution in [1.82, 2.24) is 15.3 Å². The summed E-state index contributed by atoms with van der Waals surface area (Å²) < 4.78 is 0. The Balaban J connectivity index is 2.12. The van der Waals surface area contributed by atoms with E-state index in [9.17, 15) is 0 Å². The molecule has 1 fully saturated rings. The molecular formula is C7H11N3. The second kappa shape index (κ2) is 2.42. The number of rotatable bonds is 1. The SMILES string of the molecule is c1c[nH]c([C@@H]2CCNC2)n1. The Morgan fingerprint density at radius 1 is 1.60 bits per heavy atom. The van der Waals surface area contributed by atoms with Crippen molar-refractivity contribution in [2.45, 2.75) is 12.3 Å². The van der Waals surface area contributed by atoms with Crippen LogP contribution >= 0.6 is 0 Å². The first-order valence-corrected chi connectivity index (χ1v) is 3.67. The van der Waals surface area contributed by atoms with Crippen LogP contribution in [0, 0.1) is 0 Å². The molecule has 2 N–H and O–H groups in total. The second-order valence-electron chi connectivity index (χ2n) is 2.66. The summed E-state index contributed by atoms with van der Waals surface area (Å²) in [6, 6.07) is 0. The lowest BCUT2D eigenvalue weighted by Crippen LogP contribution is -2.08. The fourth-order valence-electron chi connectivity index (χ4n) is 1.39. The maximum absolute atomic E-state index is 4.20. The summed E-state index contributed by atoms with van der Waals surface area (Å²) >= 11 is 0. The number of nitrogens with zero attached hydrogens (tertiary/aromatic N) is 1. The van der Waals surface area contributed by atoms with Gasteiger partial charge in [-0.1, -0.05) is 0 Å². The highest BCUT2D eigenvalue weighted by atomic mass is 15.0. The van der Waals surface area contributed by atoms with Gasteiger partial charge in [-0.15, -0.1) is 0 Å². The van der Waals surface area contributed by atoms with E-state index in [1.54, 1.807) is 0 Å². The van der Waals surface area contributed by atoms with Gasteiger partial charge in [0.2, 0.25) is 0 Å². The Labute approximate surface area is 59.9 Å². The number of H-pyrrole nitrogens is 1. The molecule has 3 heteroatoms. The smallest absolute Gasteiger partial charge is 0.110 e. The van der Waals surface area contributed by atoms with Gasteiger partial charge in [-0.25, -0.2) is 4.98 Å². The average Bonchev–Trinajstić information content (AvgIpc) is 2.59.